The van der Waals surface area contributed by atoms with Crippen molar-refractivity contribution in [1.29, 1.82) is 10.5 Å². The maximum Gasteiger partial charge on any atom is 0.252 e. The van der Waals surface area contributed by atoms with Crippen molar-refractivity contribution in [3.63, 3.8) is 0 Å². The first kappa shape index (κ1) is 75.5. The Morgan fingerprint density at radius 2 is 0.529 bits per heavy atom. The summed E-state index contributed by atoms with van der Waals surface area (Å²) in [6.07, 6.45) is 0. The fraction of sp³-hybridized carbons (Fsp3) is 0.140. The zero-order valence-corrected chi connectivity index (χ0v) is 70.7. The number of hydrogen-bond donors (Lipinski definition) is 0. The maximum absolute atomic E-state index is 11.3. The van der Waals surface area contributed by atoms with Gasteiger partial charge in [-0.25, -0.2) is 0 Å². The molecule has 0 unspecified atom stereocenters. The van der Waals surface area contributed by atoms with Crippen LogP contribution < -0.4 is 26.2 Å². The van der Waals surface area contributed by atoms with E-state index in [9.17, 15) is 10.5 Å². The van der Waals surface area contributed by atoms with Crippen molar-refractivity contribution in [3.8, 4) is 101 Å². The molecule has 0 aliphatic carbocycles. The van der Waals surface area contributed by atoms with E-state index >= 15 is 0 Å². The van der Waals surface area contributed by atoms with Gasteiger partial charge in [0.15, 0.2) is 0 Å². The van der Waals surface area contributed by atoms with Crippen LogP contribution >= 0.6 is 0 Å². The molecule has 0 saturated carbocycles. The second-order valence-corrected chi connectivity index (χ2v) is 37.1. The van der Waals surface area contributed by atoms with Gasteiger partial charge in [0.05, 0.1) is 56.7 Å². The number of aromatic nitrogens is 2. The molecule has 6 nitrogen and oxygen atoms in total. The molecule has 0 radical (unpaired) electrons. The van der Waals surface area contributed by atoms with Gasteiger partial charge in [-0.15, -0.1) is 0 Å². The molecule has 16 aromatic carbocycles. The van der Waals surface area contributed by atoms with Gasteiger partial charge >= 0.3 is 0 Å². The minimum Gasteiger partial charge on any atom is -0.310 e. The first-order valence-electron chi connectivity index (χ1n) is 42.3. The molecular formula is C114H93BN6. The van der Waals surface area contributed by atoms with E-state index in [1.807, 2.05) is 24.3 Å². The van der Waals surface area contributed by atoms with Crippen LogP contribution in [0.4, 0.5) is 34.1 Å². The summed E-state index contributed by atoms with van der Waals surface area (Å²) in [6.45, 7) is 27.6. The minimum absolute atomic E-state index is 0.260. The van der Waals surface area contributed by atoms with Crippen LogP contribution in [0.1, 0.15) is 116 Å². The van der Waals surface area contributed by atoms with Gasteiger partial charge in [-0.1, -0.05) is 332 Å². The lowest BCUT2D eigenvalue weighted by molar-refractivity contribution is 0.568. The van der Waals surface area contributed by atoms with Crippen LogP contribution in [0.5, 0.6) is 0 Å². The first-order chi connectivity index (χ1) is 58.5. The standard InChI is InChI=1S/C114H93BN6/c1-111(2,3)82-56-78(57-83(66-82)112(4,5)6)96-62-80(88-42-24-22-40-75(88)70-116)60-94(73-36-18-14-19-37-73)109(96)120-104-68-86(118-100-48-30-26-44-90(100)91-45-27-31-49-101(91)118)52-54-98(104)115-99-55-53-87(119-102-50-32-28-46-92(102)93-47-29-33-51-103(93)119)69-105(99)121(107-65-77(64-106(120)108(107)115)72-34-16-13-17-35-72)110-95(74-38-20-15-21-39-74)61-81(89-43-25-23-41-76(89)71-117)63-97(110)79-58-84(113(7,8)9)67-85(59-79)114(10,11)12/h13-69H,1-12H3. The number of nitriles is 2. The third-order valence-corrected chi connectivity index (χ3v) is 25.3. The smallest absolute Gasteiger partial charge is 0.252 e. The highest BCUT2D eigenvalue weighted by Gasteiger charge is 2.47. The van der Waals surface area contributed by atoms with Gasteiger partial charge in [0.1, 0.15) is 0 Å². The van der Waals surface area contributed by atoms with Gasteiger partial charge in [0.25, 0.3) is 6.71 Å². The second-order valence-electron chi connectivity index (χ2n) is 37.1. The number of rotatable bonds is 11. The Labute approximate surface area is 710 Å². The molecule has 121 heavy (non-hydrogen) atoms. The summed E-state index contributed by atoms with van der Waals surface area (Å²) in [7, 11) is 0. The predicted molar refractivity (Wildman–Crippen MR) is 511 cm³/mol. The van der Waals surface area contributed by atoms with Crippen LogP contribution in [-0.2, 0) is 21.7 Å². The van der Waals surface area contributed by atoms with Gasteiger partial charge in [0, 0.05) is 77.9 Å². The van der Waals surface area contributed by atoms with E-state index in [2.05, 4.69) is 436 Å². The molecule has 2 aliphatic heterocycles. The van der Waals surface area contributed by atoms with Gasteiger partial charge in [0.2, 0.25) is 0 Å². The Kier molecular flexibility index (Phi) is 18.0. The summed E-state index contributed by atoms with van der Waals surface area (Å²) >= 11 is 0. The summed E-state index contributed by atoms with van der Waals surface area (Å²) in [6, 6.07) is 134. The summed E-state index contributed by atoms with van der Waals surface area (Å²) in [5, 5.41) is 27.3. The van der Waals surface area contributed by atoms with E-state index in [1.54, 1.807) is 0 Å². The van der Waals surface area contributed by atoms with Gasteiger partial charge in [-0.3, -0.25) is 0 Å². The Morgan fingerprint density at radius 3 is 0.860 bits per heavy atom. The Morgan fingerprint density at radius 1 is 0.240 bits per heavy atom. The topological polar surface area (TPSA) is 63.9 Å². The number of fused-ring (bicyclic) bond motifs is 10. The number of anilines is 6. The number of nitrogens with zero attached hydrogens (tertiary/aromatic N) is 6. The highest BCUT2D eigenvalue weighted by Crippen LogP contribution is 2.57. The molecule has 0 amide bonds. The number of benzene rings is 16. The minimum atomic E-state index is -0.393. The summed E-state index contributed by atoms with van der Waals surface area (Å²) < 4.78 is 4.96. The monoisotopic (exact) mass is 1560 g/mol. The molecule has 4 heterocycles. The molecule has 0 bridgehead atoms. The lowest BCUT2D eigenvalue weighted by atomic mass is 9.33. The molecule has 18 aromatic rings. The molecular weight excluding hydrogens is 1460 g/mol. The molecule has 7 heteroatoms. The average Bonchev–Trinajstić information content (AvgIpc) is 1.05. The number of hydrogen-bond acceptors (Lipinski definition) is 4. The van der Waals surface area contributed by atoms with Gasteiger partial charge < -0.3 is 18.9 Å². The molecule has 0 N–H and O–H groups in total. The Bertz CT molecular complexity index is 6760. The normalized spacial score (nSPS) is 12.7. The zero-order chi connectivity index (χ0) is 83.1. The SMILES string of the molecule is CC(C)(C)c1cc(-c2cc(-c3ccccc3C#N)cc(-c3ccccc3)c2N2c3cc(-n4c5ccccc5c5ccccc54)ccc3B3c4ccc(-n5c6ccccc6c6ccccc65)cc4N(c4c(-c5ccccc5)cc(-c5ccccc5C#N)cc4-c4cc(C(C)(C)C)cc(C(C)(C)C)c4)c4cc(-c5ccccc5)cc2c43)cc(C(C)(C)C)c1. The van der Waals surface area contributed by atoms with Crippen LogP contribution in [0.25, 0.3) is 133 Å². The summed E-state index contributed by atoms with van der Waals surface area (Å²) in [5.74, 6) is 0. The number of para-hydroxylation sites is 4. The second kappa shape index (κ2) is 28.8. The third-order valence-electron chi connectivity index (χ3n) is 25.3. The van der Waals surface area contributed by atoms with Crippen molar-refractivity contribution in [3.05, 3.63) is 379 Å². The van der Waals surface area contributed by atoms with E-state index in [4.69, 9.17) is 0 Å². The first-order valence-corrected chi connectivity index (χ1v) is 42.3. The van der Waals surface area contributed by atoms with E-state index in [-0.39, 0.29) is 21.7 Å². The van der Waals surface area contributed by atoms with Gasteiger partial charge in [-0.05, 0) is 213 Å². The van der Waals surface area contributed by atoms with Crippen LogP contribution in [0, 0.1) is 22.7 Å². The molecule has 0 atom stereocenters. The van der Waals surface area contributed by atoms with E-state index in [0.717, 1.165) is 162 Å². The van der Waals surface area contributed by atoms with Crippen molar-refractivity contribution in [1.82, 2.24) is 9.13 Å². The Hall–Kier alpha value is -14.2. The quantitative estimate of drug-likeness (QED) is 0.121. The maximum atomic E-state index is 11.3. The molecule has 0 saturated heterocycles. The summed E-state index contributed by atoms with van der Waals surface area (Å²) in [5.41, 5.74) is 35.0. The van der Waals surface area contributed by atoms with Crippen molar-refractivity contribution in [2.24, 2.45) is 0 Å². The largest absolute Gasteiger partial charge is 0.310 e. The molecule has 20 rings (SSSR count). The van der Waals surface area contributed by atoms with E-state index in [1.165, 1.54) is 43.8 Å². The van der Waals surface area contributed by atoms with Crippen LogP contribution in [0.2, 0.25) is 0 Å². The van der Waals surface area contributed by atoms with Crippen LogP contribution in [0.15, 0.2) is 346 Å². The molecule has 0 fully saturated rings. The van der Waals surface area contributed by atoms with Gasteiger partial charge in [-0.2, -0.15) is 10.5 Å². The summed E-state index contributed by atoms with van der Waals surface area (Å²) in [4.78, 5) is 5.37. The Balaban J connectivity index is 1.01. The lowest BCUT2D eigenvalue weighted by Gasteiger charge is -2.46. The molecule has 2 aliphatic rings. The highest BCUT2D eigenvalue weighted by atomic mass is 15.2. The fourth-order valence-corrected chi connectivity index (χ4v) is 19.1. The predicted octanol–water partition coefficient (Wildman–Crippen LogP) is 28.6. The van der Waals surface area contributed by atoms with Crippen molar-refractivity contribution >= 4 is 101 Å². The molecule has 2 aromatic heterocycles. The van der Waals surface area contributed by atoms with Crippen molar-refractivity contribution in [2.75, 3.05) is 9.80 Å². The molecule has 582 valence electrons. The average molecular weight is 1560 g/mol. The van der Waals surface area contributed by atoms with Crippen LogP contribution in [-0.4, -0.2) is 15.8 Å². The van der Waals surface area contributed by atoms with E-state index in [0.29, 0.717) is 11.1 Å². The lowest BCUT2D eigenvalue weighted by Crippen LogP contribution is -2.61. The van der Waals surface area contributed by atoms with Crippen LogP contribution in [0.3, 0.4) is 0 Å². The third kappa shape index (κ3) is 12.8. The fourth-order valence-electron chi connectivity index (χ4n) is 19.1. The van der Waals surface area contributed by atoms with Crippen molar-refractivity contribution in [2.45, 2.75) is 105 Å². The van der Waals surface area contributed by atoms with E-state index < -0.39 is 6.71 Å². The highest BCUT2D eigenvalue weighted by molar-refractivity contribution is 7.00. The van der Waals surface area contributed by atoms with Crippen molar-refractivity contribution < 1.29 is 0 Å². The molecule has 0 spiro atoms. The zero-order valence-electron chi connectivity index (χ0n) is 70.7.